The molecule has 132 valence electrons. The number of unbranched alkanes of at least 4 members (excludes halogenated alkanes) is 1. The van der Waals surface area contributed by atoms with Crippen LogP contribution in [0.15, 0.2) is 48.5 Å². The average molecular weight is 361 g/mol. The lowest BCUT2D eigenvalue weighted by Crippen LogP contribution is -2.29. The smallest absolute Gasteiger partial charge is 0.340 e. The number of hydrogen-bond donors (Lipinski definition) is 2. The van der Waals surface area contributed by atoms with Crippen molar-refractivity contribution in [3.05, 3.63) is 64.7 Å². The topological polar surface area (TPSA) is 67.4 Å². The van der Waals surface area contributed by atoms with Crippen LogP contribution < -0.4 is 10.6 Å². The summed E-state index contributed by atoms with van der Waals surface area (Å²) in [6, 6.07) is 13.6. The van der Waals surface area contributed by atoms with Crippen LogP contribution in [-0.4, -0.2) is 18.6 Å². The van der Waals surface area contributed by atoms with Gasteiger partial charge in [0.05, 0.1) is 17.9 Å². The van der Waals surface area contributed by atoms with E-state index in [-0.39, 0.29) is 0 Å². The molecule has 0 unspecified atom stereocenters. The van der Waals surface area contributed by atoms with Crippen molar-refractivity contribution in [1.29, 1.82) is 0 Å². The van der Waals surface area contributed by atoms with E-state index >= 15 is 0 Å². The second-order valence-corrected chi connectivity index (χ2v) is 5.91. The van der Waals surface area contributed by atoms with Crippen molar-refractivity contribution in [3.8, 4) is 0 Å². The Balaban J connectivity index is 1.93. The van der Waals surface area contributed by atoms with Gasteiger partial charge in [-0.25, -0.2) is 9.59 Å². The third kappa shape index (κ3) is 6.12. The zero-order valence-corrected chi connectivity index (χ0v) is 14.8. The number of carbonyl (C=O) groups excluding carboxylic acids is 2. The third-order valence-corrected chi connectivity index (χ3v) is 3.74. The molecule has 0 aliphatic carbocycles. The van der Waals surface area contributed by atoms with E-state index in [4.69, 9.17) is 16.3 Å². The molecule has 0 atom stereocenters. The second kappa shape index (κ2) is 9.69. The maximum Gasteiger partial charge on any atom is 0.340 e. The van der Waals surface area contributed by atoms with Gasteiger partial charge in [-0.2, -0.15) is 0 Å². The quantitative estimate of drug-likeness (QED) is 0.559. The molecule has 2 aromatic rings. The SMILES string of the molecule is CCCCOC(=O)c1ccccc1NC(=O)NCc1ccc(Cl)cc1. The first kappa shape index (κ1) is 18.8. The Hall–Kier alpha value is -2.53. The fourth-order valence-electron chi connectivity index (χ4n) is 2.11. The Bertz CT molecular complexity index is 717. The lowest BCUT2D eigenvalue weighted by atomic mass is 10.2. The normalized spacial score (nSPS) is 10.2. The first-order valence-electron chi connectivity index (χ1n) is 8.15. The van der Waals surface area contributed by atoms with E-state index in [1.54, 1.807) is 36.4 Å². The number of halogens is 1. The molecule has 0 bridgehead atoms. The summed E-state index contributed by atoms with van der Waals surface area (Å²) >= 11 is 5.83. The van der Waals surface area contributed by atoms with E-state index in [2.05, 4.69) is 10.6 Å². The van der Waals surface area contributed by atoms with Crippen molar-refractivity contribution >= 4 is 29.3 Å². The highest BCUT2D eigenvalue weighted by Crippen LogP contribution is 2.16. The molecule has 0 spiro atoms. The van der Waals surface area contributed by atoms with Gasteiger partial charge in [-0.15, -0.1) is 0 Å². The van der Waals surface area contributed by atoms with Gasteiger partial charge >= 0.3 is 12.0 Å². The number of carbonyl (C=O) groups is 2. The minimum atomic E-state index is -0.443. The first-order chi connectivity index (χ1) is 12.1. The summed E-state index contributed by atoms with van der Waals surface area (Å²) in [5.41, 5.74) is 1.67. The van der Waals surface area contributed by atoms with Gasteiger partial charge in [0.15, 0.2) is 0 Å². The maximum atomic E-state index is 12.1. The summed E-state index contributed by atoms with van der Waals surface area (Å²) in [7, 11) is 0. The number of urea groups is 1. The van der Waals surface area contributed by atoms with Crippen molar-refractivity contribution in [1.82, 2.24) is 5.32 Å². The van der Waals surface area contributed by atoms with Gasteiger partial charge in [0, 0.05) is 11.6 Å². The zero-order chi connectivity index (χ0) is 18.1. The molecule has 2 N–H and O–H groups in total. The second-order valence-electron chi connectivity index (χ2n) is 5.47. The van der Waals surface area contributed by atoms with Gasteiger partial charge in [0.1, 0.15) is 0 Å². The lowest BCUT2D eigenvalue weighted by Gasteiger charge is -2.12. The first-order valence-corrected chi connectivity index (χ1v) is 8.53. The number of esters is 1. The molecule has 0 aromatic heterocycles. The van der Waals surface area contributed by atoms with Crippen LogP contribution in [0.25, 0.3) is 0 Å². The van der Waals surface area contributed by atoms with Crippen molar-refractivity contribution in [2.75, 3.05) is 11.9 Å². The average Bonchev–Trinajstić information content (AvgIpc) is 2.62. The molecule has 0 fully saturated rings. The summed E-state index contributed by atoms with van der Waals surface area (Å²) < 4.78 is 5.21. The Kier molecular flexibility index (Phi) is 7.29. The highest BCUT2D eigenvalue weighted by Gasteiger charge is 2.14. The lowest BCUT2D eigenvalue weighted by molar-refractivity contribution is 0.0501. The number of hydrogen-bond acceptors (Lipinski definition) is 3. The number of para-hydroxylation sites is 1. The number of rotatable bonds is 7. The standard InChI is InChI=1S/C19H21ClN2O3/c1-2-3-12-25-18(23)16-6-4-5-7-17(16)22-19(24)21-13-14-8-10-15(20)11-9-14/h4-11H,2-3,12-13H2,1H3,(H2,21,22,24). The predicted molar refractivity (Wildman–Crippen MR) is 98.9 cm³/mol. The van der Waals surface area contributed by atoms with E-state index < -0.39 is 12.0 Å². The highest BCUT2D eigenvalue weighted by molar-refractivity contribution is 6.30. The van der Waals surface area contributed by atoms with E-state index in [9.17, 15) is 9.59 Å². The van der Waals surface area contributed by atoms with Crippen molar-refractivity contribution in [2.24, 2.45) is 0 Å². The molecular weight excluding hydrogens is 340 g/mol. The Morgan fingerprint density at radius 1 is 1.08 bits per heavy atom. The molecule has 0 radical (unpaired) electrons. The molecule has 0 saturated carbocycles. The molecule has 2 aromatic carbocycles. The molecule has 0 saturated heterocycles. The number of ether oxygens (including phenoxy) is 1. The van der Waals surface area contributed by atoms with Crippen LogP contribution in [0, 0.1) is 0 Å². The number of amides is 2. The van der Waals surface area contributed by atoms with E-state index in [0.717, 1.165) is 18.4 Å². The van der Waals surface area contributed by atoms with Crippen LogP contribution in [0.2, 0.25) is 5.02 Å². The van der Waals surface area contributed by atoms with E-state index in [0.29, 0.717) is 29.4 Å². The summed E-state index contributed by atoms with van der Waals surface area (Å²) in [4.78, 5) is 24.2. The molecule has 0 aliphatic heterocycles. The molecule has 2 rings (SSSR count). The van der Waals surface area contributed by atoms with Crippen LogP contribution in [-0.2, 0) is 11.3 Å². The van der Waals surface area contributed by atoms with E-state index in [1.807, 2.05) is 19.1 Å². The Morgan fingerprint density at radius 3 is 2.52 bits per heavy atom. The zero-order valence-electron chi connectivity index (χ0n) is 14.0. The minimum Gasteiger partial charge on any atom is -0.462 e. The van der Waals surface area contributed by atoms with Crippen LogP contribution in [0.5, 0.6) is 0 Å². The summed E-state index contributed by atoms with van der Waals surface area (Å²) in [5, 5.41) is 6.07. The Morgan fingerprint density at radius 2 is 1.80 bits per heavy atom. The molecule has 2 amide bonds. The summed E-state index contributed by atoms with van der Waals surface area (Å²) in [6.45, 7) is 2.74. The number of benzene rings is 2. The van der Waals surface area contributed by atoms with E-state index in [1.165, 1.54) is 0 Å². The van der Waals surface area contributed by atoms with Crippen molar-refractivity contribution < 1.29 is 14.3 Å². The molecule has 0 aliphatic rings. The predicted octanol–water partition coefficient (Wildman–Crippen LogP) is 4.62. The van der Waals surface area contributed by atoms with Gasteiger partial charge in [-0.1, -0.05) is 49.2 Å². The van der Waals surface area contributed by atoms with Crippen molar-refractivity contribution in [3.63, 3.8) is 0 Å². The number of anilines is 1. The van der Waals surface area contributed by atoms with Crippen LogP contribution in [0.4, 0.5) is 10.5 Å². The monoisotopic (exact) mass is 360 g/mol. The van der Waals surface area contributed by atoms with Gasteiger partial charge in [-0.05, 0) is 36.2 Å². The summed E-state index contributed by atoms with van der Waals surface area (Å²) in [5.74, 6) is -0.443. The van der Waals surface area contributed by atoms with Crippen LogP contribution in [0.1, 0.15) is 35.7 Å². The Labute approximate surface area is 152 Å². The molecule has 25 heavy (non-hydrogen) atoms. The maximum absolute atomic E-state index is 12.1. The third-order valence-electron chi connectivity index (χ3n) is 3.49. The van der Waals surface area contributed by atoms with Crippen LogP contribution in [0.3, 0.4) is 0 Å². The number of nitrogens with one attached hydrogen (secondary N) is 2. The van der Waals surface area contributed by atoms with Gasteiger partial charge in [0.25, 0.3) is 0 Å². The summed E-state index contributed by atoms with van der Waals surface area (Å²) in [6.07, 6.45) is 1.75. The van der Waals surface area contributed by atoms with Gasteiger partial charge in [-0.3, -0.25) is 0 Å². The van der Waals surface area contributed by atoms with Crippen LogP contribution >= 0.6 is 11.6 Å². The largest absolute Gasteiger partial charge is 0.462 e. The molecule has 5 nitrogen and oxygen atoms in total. The van der Waals surface area contributed by atoms with Crippen molar-refractivity contribution in [2.45, 2.75) is 26.3 Å². The van der Waals surface area contributed by atoms with Gasteiger partial charge in [0.2, 0.25) is 0 Å². The highest BCUT2D eigenvalue weighted by atomic mass is 35.5. The minimum absolute atomic E-state index is 0.334. The van der Waals surface area contributed by atoms with Gasteiger partial charge < -0.3 is 15.4 Å². The molecule has 0 heterocycles. The fraction of sp³-hybridized carbons (Fsp3) is 0.263. The molecular formula is C19H21ClN2O3. The fourth-order valence-corrected chi connectivity index (χ4v) is 2.23. The molecule has 6 heteroatoms.